The molecule has 1 saturated heterocycles. The van der Waals surface area contributed by atoms with Gasteiger partial charge in [-0.3, -0.25) is 15.5 Å². The number of ether oxygens (including phenoxy) is 2. The third-order valence-corrected chi connectivity index (χ3v) is 3.53. The second-order valence-electron chi connectivity index (χ2n) is 5.58. The van der Waals surface area contributed by atoms with Gasteiger partial charge in [-0.05, 0) is 6.08 Å². The average molecular weight is 327 g/mol. The zero-order chi connectivity index (χ0) is 17.1. The van der Waals surface area contributed by atoms with E-state index in [0.29, 0.717) is 0 Å². The molecule has 128 valence electrons. The van der Waals surface area contributed by atoms with E-state index in [4.69, 9.17) is 14.7 Å². The summed E-state index contributed by atoms with van der Waals surface area (Å²) < 4.78 is 10.6. The van der Waals surface area contributed by atoms with Crippen LogP contribution in [0, 0.1) is 5.92 Å². The molecule has 1 unspecified atom stereocenters. The predicted molar refractivity (Wildman–Crippen MR) is 78.9 cm³/mol. The van der Waals surface area contributed by atoms with Crippen LogP contribution >= 0.6 is 0 Å². The van der Waals surface area contributed by atoms with Crippen LogP contribution in [0.3, 0.4) is 0 Å². The lowest BCUT2D eigenvalue weighted by molar-refractivity contribution is -0.154. The normalized spacial score (nSPS) is 30.6. The minimum Gasteiger partial charge on any atom is -0.463 e. The van der Waals surface area contributed by atoms with Gasteiger partial charge in [-0.15, -0.1) is 0 Å². The van der Waals surface area contributed by atoms with Crippen molar-refractivity contribution in [3.63, 3.8) is 0 Å². The molecule has 4 N–H and O–H groups in total. The molecule has 2 heterocycles. The summed E-state index contributed by atoms with van der Waals surface area (Å²) in [6.45, 7) is 6.92. The van der Waals surface area contributed by atoms with E-state index < -0.39 is 30.5 Å². The Hall–Kier alpha value is -1.94. The third kappa shape index (κ3) is 3.70. The summed E-state index contributed by atoms with van der Waals surface area (Å²) in [5, 5.41) is 29.0. The summed E-state index contributed by atoms with van der Waals surface area (Å²) in [5.41, 5.74) is 1.88. The molecule has 0 aromatic carbocycles. The maximum absolute atomic E-state index is 11.5. The molecular weight excluding hydrogens is 306 g/mol. The summed E-state index contributed by atoms with van der Waals surface area (Å²) in [5.74, 6) is -0.316. The van der Waals surface area contributed by atoms with E-state index in [1.54, 1.807) is 13.8 Å². The molecule has 0 aliphatic carbocycles. The number of aliphatic hydroxyl groups excluding tert-OH is 2. The van der Waals surface area contributed by atoms with E-state index in [1.807, 2.05) is 5.48 Å². The van der Waals surface area contributed by atoms with Crippen LogP contribution in [0.25, 0.3) is 0 Å². The van der Waals surface area contributed by atoms with Crippen LogP contribution in [0.5, 0.6) is 0 Å². The molecule has 2 aliphatic rings. The number of aliphatic hydroxyl groups is 2. The van der Waals surface area contributed by atoms with Crippen LogP contribution in [0.1, 0.15) is 13.8 Å². The fourth-order valence-electron chi connectivity index (χ4n) is 2.19. The van der Waals surface area contributed by atoms with Crippen LogP contribution in [0.2, 0.25) is 0 Å². The van der Waals surface area contributed by atoms with Crippen molar-refractivity contribution in [1.29, 1.82) is 0 Å². The molecule has 0 radical (unpaired) electrons. The van der Waals surface area contributed by atoms with Gasteiger partial charge in [-0.2, -0.15) is 0 Å². The number of carbonyl (C=O) groups excluding carboxylic acids is 1. The van der Waals surface area contributed by atoms with Crippen LogP contribution < -0.4 is 5.48 Å². The van der Waals surface area contributed by atoms with Gasteiger partial charge in [0.1, 0.15) is 30.7 Å². The fraction of sp³-hybridized carbons (Fsp3) is 0.571. The van der Waals surface area contributed by atoms with Gasteiger partial charge in [0.25, 0.3) is 0 Å². The highest BCUT2D eigenvalue weighted by atomic mass is 16.6. The summed E-state index contributed by atoms with van der Waals surface area (Å²) >= 11 is 0. The lowest BCUT2D eigenvalue weighted by Gasteiger charge is -2.30. The van der Waals surface area contributed by atoms with Crippen LogP contribution in [0.15, 0.2) is 29.7 Å². The van der Waals surface area contributed by atoms with Crippen molar-refractivity contribution in [2.75, 3.05) is 6.61 Å². The lowest BCUT2D eigenvalue weighted by Crippen LogP contribution is -2.42. The molecule has 23 heavy (non-hydrogen) atoms. The first kappa shape index (κ1) is 17.4. The maximum Gasteiger partial charge on any atom is 0.308 e. The van der Waals surface area contributed by atoms with E-state index in [9.17, 15) is 15.0 Å². The number of rotatable bonds is 4. The van der Waals surface area contributed by atoms with Crippen molar-refractivity contribution >= 4 is 11.8 Å². The molecular formula is C14H21N3O6. The zero-order valence-electron chi connectivity index (χ0n) is 12.9. The van der Waals surface area contributed by atoms with Gasteiger partial charge >= 0.3 is 5.97 Å². The van der Waals surface area contributed by atoms with Crippen LogP contribution in [-0.4, -0.2) is 63.3 Å². The molecule has 0 saturated carbocycles. The highest BCUT2D eigenvalue weighted by molar-refractivity contribution is 5.93. The highest BCUT2D eigenvalue weighted by Crippen LogP contribution is 2.28. The summed E-state index contributed by atoms with van der Waals surface area (Å²) in [6.07, 6.45) is -1.30. The van der Waals surface area contributed by atoms with Gasteiger partial charge in [-0.25, -0.2) is 4.99 Å². The number of amidine groups is 1. The van der Waals surface area contributed by atoms with Gasteiger partial charge in [0.2, 0.25) is 0 Å². The van der Waals surface area contributed by atoms with Crippen molar-refractivity contribution < 1.29 is 29.7 Å². The standard InChI is InChI=1S/C14H21N3O6/c1-7(2)14(20)22-6-9-11(18)12(19)13(23-9)17-5-4-10(16-21)15-8(17)3/h4-5,7,9,11-13,18-19,21H,3,6H2,1-2H3,(H,15,16)/t9-,11+,12?,13-/m1/s1. The summed E-state index contributed by atoms with van der Waals surface area (Å²) in [6, 6.07) is 0. The lowest BCUT2D eigenvalue weighted by atomic mass is 10.1. The molecule has 9 nitrogen and oxygen atoms in total. The number of hydroxylamine groups is 1. The van der Waals surface area contributed by atoms with Crippen molar-refractivity contribution in [2.24, 2.45) is 10.9 Å². The van der Waals surface area contributed by atoms with Gasteiger partial charge in [0.15, 0.2) is 12.1 Å². The molecule has 0 spiro atoms. The second kappa shape index (κ2) is 7.09. The molecule has 2 rings (SSSR count). The highest BCUT2D eigenvalue weighted by Gasteiger charge is 2.46. The number of hydrogen-bond acceptors (Lipinski definition) is 9. The Morgan fingerprint density at radius 3 is 2.78 bits per heavy atom. The van der Waals surface area contributed by atoms with Crippen LogP contribution in [0.4, 0.5) is 0 Å². The molecule has 2 aliphatic heterocycles. The van der Waals surface area contributed by atoms with Gasteiger partial charge in [0, 0.05) is 6.20 Å². The van der Waals surface area contributed by atoms with Crippen molar-refractivity contribution in [1.82, 2.24) is 10.4 Å². The van der Waals surface area contributed by atoms with Crippen LogP contribution in [-0.2, 0) is 14.3 Å². The third-order valence-electron chi connectivity index (χ3n) is 3.53. The van der Waals surface area contributed by atoms with Crippen molar-refractivity contribution in [3.8, 4) is 0 Å². The number of aliphatic imine (C=N–C) groups is 1. The minimum atomic E-state index is -1.24. The quantitative estimate of drug-likeness (QED) is 0.395. The second-order valence-corrected chi connectivity index (χ2v) is 5.58. The Labute approximate surface area is 133 Å². The first-order valence-electron chi connectivity index (χ1n) is 7.17. The largest absolute Gasteiger partial charge is 0.463 e. The van der Waals surface area contributed by atoms with Crippen molar-refractivity contribution in [3.05, 3.63) is 24.7 Å². The van der Waals surface area contributed by atoms with E-state index in [0.717, 1.165) is 0 Å². The smallest absolute Gasteiger partial charge is 0.308 e. The molecule has 0 aromatic heterocycles. The van der Waals surface area contributed by atoms with E-state index in [1.165, 1.54) is 17.2 Å². The predicted octanol–water partition coefficient (Wildman–Crippen LogP) is -0.690. The number of nitrogens with zero attached hydrogens (tertiary/aromatic N) is 2. The Bertz CT molecular complexity index is 533. The Balaban J connectivity index is 2.00. The minimum absolute atomic E-state index is 0.164. The fourth-order valence-corrected chi connectivity index (χ4v) is 2.19. The molecule has 0 amide bonds. The monoisotopic (exact) mass is 327 g/mol. The number of nitrogens with one attached hydrogen (secondary N) is 1. The van der Waals surface area contributed by atoms with E-state index in [-0.39, 0.29) is 24.2 Å². The average Bonchev–Trinajstić information content (AvgIpc) is 2.80. The molecule has 0 aromatic rings. The summed E-state index contributed by atoms with van der Waals surface area (Å²) in [4.78, 5) is 16.9. The Morgan fingerprint density at radius 1 is 1.52 bits per heavy atom. The molecule has 9 heteroatoms. The first-order valence-corrected chi connectivity index (χ1v) is 7.17. The first-order chi connectivity index (χ1) is 10.8. The van der Waals surface area contributed by atoms with Gasteiger partial charge < -0.3 is 24.6 Å². The zero-order valence-corrected chi connectivity index (χ0v) is 12.9. The molecule has 0 bridgehead atoms. The Kier molecular flexibility index (Phi) is 5.37. The number of hydrogen-bond donors (Lipinski definition) is 4. The van der Waals surface area contributed by atoms with Gasteiger partial charge in [0.05, 0.1) is 5.92 Å². The molecule has 4 atom stereocenters. The van der Waals surface area contributed by atoms with E-state index >= 15 is 0 Å². The van der Waals surface area contributed by atoms with Crippen molar-refractivity contribution in [2.45, 2.75) is 38.4 Å². The number of esters is 1. The SMILES string of the molecule is C=C1N=C(NO)C=CN1[C@@H]1O[C@H](COC(=O)C(C)C)[C@H](O)C1O. The topological polar surface area (TPSA) is 124 Å². The molecule has 1 fully saturated rings. The van der Waals surface area contributed by atoms with Gasteiger partial charge in [-0.1, -0.05) is 20.4 Å². The van der Waals surface area contributed by atoms with E-state index in [2.05, 4.69) is 11.6 Å². The maximum atomic E-state index is 11.5. The summed E-state index contributed by atoms with van der Waals surface area (Å²) in [7, 11) is 0. The Morgan fingerprint density at radius 2 is 2.22 bits per heavy atom. The number of carbonyl (C=O) groups is 1.